The summed E-state index contributed by atoms with van der Waals surface area (Å²) in [6.07, 6.45) is 4.17. The van der Waals surface area contributed by atoms with E-state index in [9.17, 15) is 4.79 Å². The van der Waals surface area contributed by atoms with E-state index in [1.54, 1.807) is 22.2 Å². The number of hydrogen-bond donors (Lipinski definition) is 0. The third kappa shape index (κ3) is 3.95. The van der Waals surface area contributed by atoms with Crippen molar-refractivity contribution in [2.45, 2.75) is 37.6 Å². The highest BCUT2D eigenvalue weighted by Crippen LogP contribution is 2.30. The molecule has 4 aromatic rings. The lowest BCUT2D eigenvalue weighted by atomic mass is 10.2. The minimum absolute atomic E-state index is 0.0675. The maximum atomic E-state index is 12.5. The molecule has 7 nitrogen and oxygen atoms in total. The standard InChI is InChI=1S/C23H24N6OS/c1-16-5-8-19(9-6-16)29-22(27-11-3-4-12-27)25-26-23(29)31-15-18-13-21(30)28-14-17(2)7-10-20(28)24-18/h5-10,13-14H,3-4,11-12,15H2,1-2H3. The van der Waals surface area contributed by atoms with Gasteiger partial charge in [-0.3, -0.25) is 13.8 Å². The van der Waals surface area contributed by atoms with Gasteiger partial charge in [-0.2, -0.15) is 0 Å². The minimum Gasteiger partial charge on any atom is -0.341 e. The van der Waals surface area contributed by atoms with Crippen LogP contribution >= 0.6 is 11.8 Å². The molecule has 0 unspecified atom stereocenters. The van der Waals surface area contributed by atoms with Gasteiger partial charge < -0.3 is 4.90 Å². The van der Waals surface area contributed by atoms with Crippen LogP contribution in [-0.4, -0.2) is 37.2 Å². The highest BCUT2D eigenvalue weighted by atomic mass is 32.2. The number of aromatic nitrogens is 5. The van der Waals surface area contributed by atoms with E-state index >= 15 is 0 Å². The van der Waals surface area contributed by atoms with E-state index in [4.69, 9.17) is 0 Å². The van der Waals surface area contributed by atoms with Crippen molar-refractivity contribution in [1.29, 1.82) is 0 Å². The van der Waals surface area contributed by atoms with Crippen LogP contribution in [0, 0.1) is 13.8 Å². The fraction of sp³-hybridized carbons (Fsp3) is 0.304. The molecule has 0 aliphatic carbocycles. The Balaban J connectivity index is 1.48. The maximum absolute atomic E-state index is 12.5. The first-order chi connectivity index (χ1) is 15.1. The molecule has 158 valence electrons. The lowest BCUT2D eigenvalue weighted by Gasteiger charge is -2.18. The first-order valence-corrected chi connectivity index (χ1v) is 11.5. The molecule has 31 heavy (non-hydrogen) atoms. The number of thioether (sulfide) groups is 1. The number of rotatable bonds is 5. The van der Waals surface area contributed by atoms with E-state index in [1.165, 1.54) is 18.4 Å². The predicted octanol–water partition coefficient (Wildman–Crippen LogP) is 3.78. The highest BCUT2D eigenvalue weighted by molar-refractivity contribution is 7.98. The number of anilines is 1. The molecule has 0 radical (unpaired) electrons. The largest absolute Gasteiger partial charge is 0.341 e. The molecule has 5 rings (SSSR count). The third-order valence-corrected chi connectivity index (χ3v) is 6.47. The zero-order chi connectivity index (χ0) is 21.4. The van der Waals surface area contributed by atoms with Crippen LogP contribution in [0.2, 0.25) is 0 Å². The van der Waals surface area contributed by atoms with Gasteiger partial charge in [0.05, 0.1) is 11.4 Å². The minimum atomic E-state index is -0.0675. The molecule has 0 saturated carbocycles. The number of fused-ring (bicyclic) bond motifs is 1. The summed E-state index contributed by atoms with van der Waals surface area (Å²) in [4.78, 5) is 19.5. The molecule has 0 atom stereocenters. The molecule has 0 amide bonds. The van der Waals surface area contributed by atoms with E-state index in [0.717, 1.165) is 41.1 Å². The molecule has 4 heterocycles. The summed E-state index contributed by atoms with van der Waals surface area (Å²) in [6.45, 7) is 6.04. The van der Waals surface area contributed by atoms with Crippen LogP contribution in [0.5, 0.6) is 0 Å². The van der Waals surface area contributed by atoms with Gasteiger partial charge in [-0.1, -0.05) is 35.5 Å². The summed E-state index contributed by atoms with van der Waals surface area (Å²) < 4.78 is 3.70. The summed E-state index contributed by atoms with van der Waals surface area (Å²) >= 11 is 1.55. The summed E-state index contributed by atoms with van der Waals surface area (Å²) in [7, 11) is 0. The quantitative estimate of drug-likeness (QED) is 0.447. The molecular weight excluding hydrogens is 408 g/mol. The fourth-order valence-electron chi connectivity index (χ4n) is 3.87. The summed E-state index contributed by atoms with van der Waals surface area (Å²) in [6, 6.07) is 13.9. The van der Waals surface area contributed by atoms with Crippen LogP contribution in [-0.2, 0) is 5.75 Å². The number of aryl methyl sites for hydroxylation is 2. The van der Waals surface area contributed by atoms with Crippen molar-refractivity contribution in [2.75, 3.05) is 18.0 Å². The van der Waals surface area contributed by atoms with Gasteiger partial charge in [0.1, 0.15) is 5.65 Å². The Morgan fingerprint density at radius 2 is 1.71 bits per heavy atom. The van der Waals surface area contributed by atoms with Gasteiger partial charge >= 0.3 is 0 Å². The Bertz CT molecular complexity index is 1290. The van der Waals surface area contributed by atoms with Crippen LogP contribution < -0.4 is 10.5 Å². The molecule has 8 heteroatoms. The van der Waals surface area contributed by atoms with Crippen molar-refractivity contribution in [2.24, 2.45) is 0 Å². The zero-order valence-electron chi connectivity index (χ0n) is 17.7. The second-order valence-electron chi connectivity index (χ2n) is 7.96. The van der Waals surface area contributed by atoms with Crippen molar-refractivity contribution in [3.05, 3.63) is 75.8 Å². The Kier molecular flexibility index (Phi) is 5.23. The smallest absolute Gasteiger partial charge is 0.258 e. The van der Waals surface area contributed by atoms with Crippen molar-refractivity contribution >= 4 is 23.4 Å². The zero-order valence-corrected chi connectivity index (χ0v) is 18.5. The van der Waals surface area contributed by atoms with Crippen LogP contribution in [0.1, 0.15) is 29.7 Å². The van der Waals surface area contributed by atoms with Crippen LogP contribution in [0.3, 0.4) is 0 Å². The van der Waals surface area contributed by atoms with Gasteiger partial charge in [0.25, 0.3) is 5.56 Å². The van der Waals surface area contributed by atoms with E-state index in [0.29, 0.717) is 11.4 Å². The number of nitrogens with zero attached hydrogens (tertiary/aromatic N) is 6. The van der Waals surface area contributed by atoms with E-state index < -0.39 is 0 Å². The summed E-state index contributed by atoms with van der Waals surface area (Å²) in [5.41, 5.74) is 4.61. The predicted molar refractivity (Wildman–Crippen MR) is 123 cm³/mol. The Hall–Kier alpha value is -3.13. The second-order valence-corrected chi connectivity index (χ2v) is 8.90. The third-order valence-electron chi connectivity index (χ3n) is 5.51. The van der Waals surface area contributed by atoms with Crippen LogP contribution in [0.4, 0.5) is 5.95 Å². The Morgan fingerprint density at radius 1 is 0.968 bits per heavy atom. The average Bonchev–Trinajstić information content (AvgIpc) is 3.43. The molecule has 1 aromatic carbocycles. The topological polar surface area (TPSA) is 68.3 Å². The normalized spacial score (nSPS) is 13.9. The maximum Gasteiger partial charge on any atom is 0.258 e. The van der Waals surface area contributed by atoms with Gasteiger partial charge in [-0.15, -0.1) is 10.2 Å². The van der Waals surface area contributed by atoms with E-state index in [1.807, 2.05) is 25.3 Å². The van der Waals surface area contributed by atoms with Gasteiger partial charge in [-0.05, 0) is 50.5 Å². The van der Waals surface area contributed by atoms with Crippen molar-refractivity contribution in [1.82, 2.24) is 24.1 Å². The van der Waals surface area contributed by atoms with Crippen LogP contribution in [0.25, 0.3) is 11.3 Å². The number of hydrogen-bond acceptors (Lipinski definition) is 6. The molecule has 0 bridgehead atoms. The average molecular weight is 433 g/mol. The van der Waals surface area contributed by atoms with Gasteiger partial charge in [0.15, 0.2) is 5.16 Å². The molecule has 0 spiro atoms. The van der Waals surface area contributed by atoms with E-state index in [2.05, 4.69) is 55.8 Å². The van der Waals surface area contributed by atoms with E-state index in [-0.39, 0.29) is 5.56 Å². The lowest BCUT2D eigenvalue weighted by Crippen LogP contribution is -2.22. The molecule has 3 aromatic heterocycles. The Morgan fingerprint density at radius 3 is 2.48 bits per heavy atom. The molecular formula is C23H24N6OS. The SMILES string of the molecule is Cc1ccc(-n2c(SCc3cc(=O)n4cc(C)ccc4n3)nnc2N2CCCC2)cc1. The lowest BCUT2D eigenvalue weighted by molar-refractivity contribution is 0.840. The summed E-state index contributed by atoms with van der Waals surface area (Å²) in [5, 5.41) is 9.81. The molecule has 1 aliphatic heterocycles. The van der Waals surface area contributed by atoms with Gasteiger partial charge in [-0.25, -0.2) is 4.98 Å². The molecule has 1 fully saturated rings. The van der Waals surface area contributed by atoms with Crippen molar-refractivity contribution in [3.8, 4) is 5.69 Å². The monoisotopic (exact) mass is 432 g/mol. The van der Waals surface area contributed by atoms with Crippen LogP contribution in [0.15, 0.2) is 58.6 Å². The molecule has 1 aliphatic rings. The first-order valence-electron chi connectivity index (χ1n) is 10.5. The van der Waals surface area contributed by atoms with Crippen molar-refractivity contribution in [3.63, 3.8) is 0 Å². The molecule has 1 saturated heterocycles. The second kappa shape index (κ2) is 8.19. The first kappa shape index (κ1) is 19.8. The van der Waals surface area contributed by atoms with Crippen molar-refractivity contribution < 1.29 is 0 Å². The number of pyridine rings is 1. The number of benzene rings is 1. The highest BCUT2D eigenvalue weighted by Gasteiger charge is 2.22. The fourth-order valence-corrected chi connectivity index (χ4v) is 4.71. The Labute approximate surface area is 184 Å². The van der Waals surface area contributed by atoms with Gasteiger partial charge in [0.2, 0.25) is 5.95 Å². The van der Waals surface area contributed by atoms with Gasteiger partial charge in [0, 0.05) is 31.1 Å². The summed E-state index contributed by atoms with van der Waals surface area (Å²) in [5.74, 6) is 1.43. The molecule has 0 N–H and O–H groups in total.